The van der Waals surface area contributed by atoms with Crippen LogP contribution in [0.2, 0.25) is 12.6 Å². The van der Waals surface area contributed by atoms with E-state index in [9.17, 15) is 0 Å². The van der Waals surface area contributed by atoms with Gasteiger partial charge in [0.2, 0.25) is 0 Å². The average Bonchev–Trinajstić information content (AvgIpc) is 1.91. The highest BCUT2D eigenvalue weighted by molar-refractivity contribution is 6.51. The largest absolute Gasteiger partial charge is 0.435 e. The van der Waals surface area contributed by atoms with Crippen molar-refractivity contribution in [3.63, 3.8) is 0 Å². The van der Waals surface area contributed by atoms with Crippen molar-refractivity contribution in [2.75, 3.05) is 13.2 Å². The van der Waals surface area contributed by atoms with Gasteiger partial charge in [-0.2, -0.15) is 0 Å². The maximum Gasteiger partial charge on any atom is 0.292 e. The van der Waals surface area contributed by atoms with Gasteiger partial charge in [-0.15, -0.1) is 0 Å². The van der Waals surface area contributed by atoms with E-state index in [4.69, 9.17) is 10.4 Å². The van der Waals surface area contributed by atoms with E-state index < -0.39 is 0 Å². The molecule has 2 N–H and O–H groups in total. The highest BCUT2D eigenvalue weighted by atomic mass is 16.4. The molecule has 0 saturated carbocycles. The van der Waals surface area contributed by atoms with Crippen LogP contribution in [0.25, 0.3) is 0 Å². The predicted octanol–water partition coefficient (Wildman–Crippen LogP) is 0.993. The molecule has 54 valence electrons. The SMILES string of the molecule is CCB(CC)OCCN. The molecule has 3 heteroatoms. The molecule has 0 aromatic rings. The Hall–Kier alpha value is -0.0151. The van der Waals surface area contributed by atoms with E-state index >= 15 is 0 Å². The van der Waals surface area contributed by atoms with Gasteiger partial charge in [-0.05, 0) is 0 Å². The molecule has 0 aromatic heterocycles. The Morgan fingerprint density at radius 1 is 1.33 bits per heavy atom. The van der Waals surface area contributed by atoms with Crippen molar-refractivity contribution in [3.8, 4) is 0 Å². The molecule has 0 bridgehead atoms. The van der Waals surface area contributed by atoms with Gasteiger partial charge in [-0.3, -0.25) is 0 Å². The lowest BCUT2D eigenvalue weighted by Gasteiger charge is -2.07. The lowest BCUT2D eigenvalue weighted by atomic mass is 9.63. The van der Waals surface area contributed by atoms with Gasteiger partial charge in [0.05, 0.1) is 0 Å². The van der Waals surface area contributed by atoms with E-state index in [0.717, 1.165) is 12.6 Å². The molecule has 0 aliphatic rings. The molecule has 0 heterocycles. The van der Waals surface area contributed by atoms with Crippen molar-refractivity contribution in [2.24, 2.45) is 5.73 Å². The Morgan fingerprint density at radius 2 is 1.89 bits per heavy atom. The molecule has 2 nitrogen and oxygen atoms in total. The van der Waals surface area contributed by atoms with Crippen LogP contribution in [0.5, 0.6) is 0 Å². The quantitative estimate of drug-likeness (QED) is 0.562. The Bertz CT molecular complexity index is 57.0. The summed E-state index contributed by atoms with van der Waals surface area (Å²) in [5, 5.41) is 0. The standard InChI is InChI=1S/C6H16BNO/c1-3-7(4-2)9-6-5-8/h3-6,8H2,1-2H3. The summed E-state index contributed by atoms with van der Waals surface area (Å²) in [6, 6.07) is 0. The highest BCUT2D eigenvalue weighted by Crippen LogP contribution is 1.98. The van der Waals surface area contributed by atoms with E-state index in [1.807, 2.05) is 0 Å². The Kier molecular flexibility index (Phi) is 6.10. The molecule has 0 aliphatic carbocycles. The van der Waals surface area contributed by atoms with Gasteiger partial charge in [-0.1, -0.05) is 26.5 Å². The maximum absolute atomic E-state index is 5.36. The van der Waals surface area contributed by atoms with Crippen LogP contribution in [0.3, 0.4) is 0 Å². The van der Waals surface area contributed by atoms with Crippen LogP contribution >= 0.6 is 0 Å². The summed E-state index contributed by atoms with van der Waals surface area (Å²) in [6.07, 6.45) is 2.19. The minimum atomic E-state index is 0.425. The van der Waals surface area contributed by atoms with Crippen LogP contribution in [0.1, 0.15) is 13.8 Å². The zero-order valence-electron chi connectivity index (χ0n) is 6.39. The molecular weight excluding hydrogens is 113 g/mol. The van der Waals surface area contributed by atoms with Crippen LogP contribution in [-0.4, -0.2) is 20.1 Å². The van der Waals surface area contributed by atoms with Gasteiger partial charge in [0, 0.05) is 13.2 Å². The highest BCUT2D eigenvalue weighted by Gasteiger charge is 2.07. The van der Waals surface area contributed by atoms with Gasteiger partial charge < -0.3 is 10.4 Å². The van der Waals surface area contributed by atoms with Crippen LogP contribution in [0.15, 0.2) is 0 Å². The zero-order valence-corrected chi connectivity index (χ0v) is 6.39. The molecule has 0 saturated heterocycles. The molecule has 0 aromatic carbocycles. The van der Waals surface area contributed by atoms with E-state index in [-0.39, 0.29) is 0 Å². The van der Waals surface area contributed by atoms with Gasteiger partial charge in [0.15, 0.2) is 0 Å². The van der Waals surface area contributed by atoms with Crippen molar-refractivity contribution >= 4 is 6.92 Å². The lowest BCUT2D eigenvalue weighted by Crippen LogP contribution is -2.20. The number of hydrogen-bond donors (Lipinski definition) is 1. The Labute approximate surface area is 57.9 Å². The molecule has 0 fully saturated rings. The summed E-state index contributed by atoms with van der Waals surface area (Å²) in [4.78, 5) is 0. The fourth-order valence-corrected chi connectivity index (χ4v) is 0.759. The lowest BCUT2D eigenvalue weighted by molar-refractivity contribution is 0.330. The van der Waals surface area contributed by atoms with Crippen molar-refractivity contribution in [2.45, 2.75) is 26.5 Å². The first kappa shape index (κ1) is 8.98. The molecule has 0 amide bonds. The van der Waals surface area contributed by atoms with Crippen molar-refractivity contribution in [1.82, 2.24) is 0 Å². The minimum Gasteiger partial charge on any atom is -0.435 e. The van der Waals surface area contributed by atoms with E-state index in [2.05, 4.69) is 13.8 Å². The van der Waals surface area contributed by atoms with Gasteiger partial charge in [0.1, 0.15) is 0 Å². The number of rotatable bonds is 5. The summed E-state index contributed by atoms with van der Waals surface area (Å²) in [5.74, 6) is 0. The van der Waals surface area contributed by atoms with Crippen molar-refractivity contribution in [3.05, 3.63) is 0 Å². The van der Waals surface area contributed by atoms with Gasteiger partial charge in [-0.25, -0.2) is 0 Å². The van der Waals surface area contributed by atoms with Crippen molar-refractivity contribution < 1.29 is 4.65 Å². The molecule has 0 rings (SSSR count). The molecule has 0 spiro atoms. The average molecular weight is 129 g/mol. The fraction of sp³-hybridized carbons (Fsp3) is 1.00. The first-order valence-electron chi connectivity index (χ1n) is 3.66. The van der Waals surface area contributed by atoms with Crippen LogP contribution in [0, 0.1) is 0 Å². The van der Waals surface area contributed by atoms with E-state index in [0.29, 0.717) is 20.1 Å². The fourth-order valence-electron chi connectivity index (χ4n) is 0.759. The molecule has 0 unspecified atom stereocenters. The topological polar surface area (TPSA) is 35.2 Å². The molecule has 0 atom stereocenters. The van der Waals surface area contributed by atoms with Gasteiger partial charge in [0.25, 0.3) is 6.92 Å². The van der Waals surface area contributed by atoms with E-state index in [1.54, 1.807) is 0 Å². The molecular formula is C6H16BNO. The van der Waals surface area contributed by atoms with Crippen LogP contribution in [0.4, 0.5) is 0 Å². The summed E-state index contributed by atoms with van der Waals surface area (Å²) in [6.45, 7) is 6.02. The van der Waals surface area contributed by atoms with Crippen LogP contribution in [-0.2, 0) is 4.65 Å². The summed E-state index contributed by atoms with van der Waals surface area (Å²) >= 11 is 0. The van der Waals surface area contributed by atoms with E-state index in [1.165, 1.54) is 0 Å². The van der Waals surface area contributed by atoms with Crippen molar-refractivity contribution in [1.29, 1.82) is 0 Å². The molecule has 0 radical (unpaired) electrons. The molecule has 0 aliphatic heterocycles. The maximum atomic E-state index is 5.36. The first-order valence-corrected chi connectivity index (χ1v) is 3.66. The summed E-state index contributed by atoms with van der Waals surface area (Å²) in [5.41, 5.74) is 5.26. The minimum absolute atomic E-state index is 0.425. The Balaban J connectivity index is 3.09. The molecule has 9 heavy (non-hydrogen) atoms. The second-order valence-corrected chi connectivity index (χ2v) is 2.10. The number of nitrogens with two attached hydrogens (primary N) is 1. The summed E-state index contributed by atoms with van der Waals surface area (Å²) < 4.78 is 5.36. The smallest absolute Gasteiger partial charge is 0.292 e. The third-order valence-corrected chi connectivity index (χ3v) is 1.38. The van der Waals surface area contributed by atoms with Gasteiger partial charge >= 0.3 is 0 Å². The normalized spacial score (nSPS) is 9.67. The number of hydrogen-bond acceptors (Lipinski definition) is 2. The van der Waals surface area contributed by atoms with Crippen LogP contribution < -0.4 is 5.73 Å². The second kappa shape index (κ2) is 6.11. The third-order valence-electron chi connectivity index (χ3n) is 1.38. The third kappa shape index (κ3) is 4.49. The summed E-state index contributed by atoms with van der Waals surface area (Å²) in [7, 11) is 0. The Morgan fingerprint density at radius 3 is 2.22 bits per heavy atom. The first-order chi connectivity index (χ1) is 4.35. The predicted molar refractivity (Wildman–Crippen MR) is 41.7 cm³/mol. The zero-order chi connectivity index (χ0) is 7.11. The monoisotopic (exact) mass is 129 g/mol. The second-order valence-electron chi connectivity index (χ2n) is 2.10.